The highest BCUT2D eigenvalue weighted by molar-refractivity contribution is 5.93. The molecule has 4 rings (SSSR count). The first-order chi connectivity index (χ1) is 12.0. The highest BCUT2D eigenvalue weighted by Crippen LogP contribution is 2.25. The summed E-state index contributed by atoms with van der Waals surface area (Å²) in [4.78, 5) is 21.7. The fourth-order valence-electron chi connectivity index (χ4n) is 2.99. The number of aryl methyl sites for hydroxylation is 1. The van der Waals surface area contributed by atoms with Gasteiger partial charge in [0.25, 0.3) is 5.91 Å². The fourth-order valence-corrected chi connectivity index (χ4v) is 2.99. The van der Waals surface area contributed by atoms with Crippen LogP contribution in [0.5, 0.6) is 0 Å². The van der Waals surface area contributed by atoms with Crippen molar-refractivity contribution in [3.05, 3.63) is 59.2 Å². The molecule has 0 atom stereocenters. The van der Waals surface area contributed by atoms with E-state index in [4.69, 9.17) is 0 Å². The molecule has 0 radical (unpaired) electrons. The van der Waals surface area contributed by atoms with Crippen molar-refractivity contribution in [2.75, 3.05) is 6.54 Å². The third-order valence-electron chi connectivity index (χ3n) is 4.26. The molecule has 0 spiro atoms. The molecule has 3 aromatic rings. The van der Waals surface area contributed by atoms with E-state index < -0.39 is 11.6 Å². The van der Waals surface area contributed by atoms with E-state index in [0.29, 0.717) is 30.9 Å². The summed E-state index contributed by atoms with van der Waals surface area (Å²) in [5, 5.41) is 4.01. The van der Waals surface area contributed by atoms with Crippen LogP contribution in [0.25, 0.3) is 11.4 Å². The normalized spacial score (nSPS) is 13.8. The van der Waals surface area contributed by atoms with Crippen molar-refractivity contribution in [3.8, 4) is 11.4 Å². The third kappa shape index (κ3) is 2.79. The zero-order valence-corrected chi connectivity index (χ0v) is 13.5. The molecule has 0 saturated carbocycles. The van der Waals surface area contributed by atoms with E-state index in [2.05, 4.69) is 15.1 Å². The Balaban J connectivity index is 1.60. The van der Waals surface area contributed by atoms with Gasteiger partial charge in [-0.1, -0.05) is 0 Å². The number of aromatic nitrogens is 4. The number of imidazole rings is 1. The first kappa shape index (κ1) is 15.5. The number of fused-ring (bicyclic) bond motifs is 1. The highest BCUT2D eigenvalue weighted by atomic mass is 19.1. The average molecular weight is 343 g/mol. The van der Waals surface area contributed by atoms with Gasteiger partial charge in [0.05, 0.1) is 35.3 Å². The molecular formula is C17H15F2N5O. The molecule has 0 fully saturated rings. The van der Waals surface area contributed by atoms with Crippen LogP contribution in [0, 0.1) is 11.6 Å². The second kappa shape index (κ2) is 5.80. The van der Waals surface area contributed by atoms with Gasteiger partial charge in [0, 0.05) is 32.3 Å². The van der Waals surface area contributed by atoms with Gasteiger partial charge in [0.1, 0.15) is 17.5 Å². The monoisotopic (exact) mass is 343 g/mol. The predicted octanol–water partition coefficient (Wildman–Crippen LogP) is 2.29. The van der Waals surface area contributed by atoms with Gasteiger partial charge in [-0.05, 0) is 12.1 Å². The van der Waals surface area contributed by atoms with E-state index in [9.17, 15) is 13.6 Å². The summed E-state index contributed by atoms with van der Waals surface area (Å²) >= 11 is 0. The van der Waals surface area contributed by atoms with Crippen LogP contribution in [0.3, 0.4) is 0 Å². The Labute approximate surface area is 142 Å². The molecule has 0 unspecified atom stereocenters. The van der Waals surface area contributed by atoms with Crippen LogP contribution in [0.2, 0.25) is 0 Å². The quantitative estimate of drug-likeness (QED) is 0.776. The molecule has 6 nitrogen and oxygen atoms in total. The SMILES string of the molecule is Cn1cc(C(=O)N2CCc3nc(-c4ccc(F)cc4F)[nH]c3C2)cn1. The lowest BCUT2D eigenvalue weighted by Crippen LogP contribution is -2.35. The lowest BCUT2D eigenvalue weighted by molar-refractivity contribution is 0.0732. The summed E-state index contributed by atoms with van der Waals surface area (Å²) < 4.78 is 28.6. The maximum atomic E-state index is 14.0. The van der Waals surface area contributed by atoms with Crippen molar-refractivity contribution in [1.82, 2.24) is 24.6 Å². The second-order valence-corrected chi connectivity index (χ2v) is 6.01. The van der Waals surface area contributed by atoms with E-state index in [1.54, 1.807) is 22.8 Å². The van der Waals surface area contributed by atoms with E-state index >= 15 is 0 Å². The van der Waals surface area contributed by atoms with Crippen molar-refractivity contribution < 1.29 is 13.6 Å². The van der Waals surface area contributed by atoms with Crippen molar-refractivity contribution in [3.63, 3.8) is 0 Å². The number of H-pyrrole nitrogens is 1. The van der Waals surface area contributed by atoms with E-state index in [1.165, 1.54) is 18.3 Å². The van der Waals surface area contributed by atoms with Crippen LogP contribution in [0.1, 0.15) is 21.7 Å². The summed E-state index contributed by atoms with van der Waals surface area (Å²) in [6, 6.07) is 3.38. The van der Waals surface area contributed by atoms with Gasteiger partial charge in [-0.3, -0.25) is 9.48 Å². The summed E-state index contributed by atoms with van der Waals surface area (Å²) in [5.41, 5.74) is 2.30. The summed E-state index contributed by atoms with van der Waals surface area (Å²) in [7, 11) is 1.75. The van der Waals surface area contributed by atoms with Crippen LogP contribution >= 0.6 is 0 Å². The first-order valence-electron chi connectivity index (χ1n) is 7.82. The zero-order valence-electron chi connectivity index (χ0n) is 13.5. The maximum absolute atomic E-state index is 14.0. The standard InChI is InChI=1S/C17H15F2N5O/c1-23-8-10(7-20-23)17(25)24-5-4-14-15(9-24)22-16(21-14)12-3-2-11(18)6-13(12)19/h2-3,6-8H,4-5,9H2,1H3,(H,21,22). The van der Waals surface area contributed by atoms with Crippen molar-refractivity contribution in [2.45, 2.75) is 13.0 Å². The van der Waals surface area contributed by atoms with Crippen molar-refractivity contribution in [1.29, 1.82) is 0 Å². The smallest absolute Gasteiger partial charge is 0.257 e. The van der Waals surface area contributed by atoms with Gasteiger partial charge in [-0.2, -0.15) is 5.10 Å². The van der Waals surface area contributed by atoms with Gasteiger partial charge < -0.3 is 9.88 Å². The predicted molar refractivity (Wildman–Crippen MR) is 85.6 cm³/mol. The number of carbonyl (C=O) groups is 1. The van der Waals surface area contributed by atoms with E-state index in [0.717, 1.165) is 17.5 Å². The average Bonchev–Trinajstić information content (AvgIpc) is 3.19. The summed E-state index contributed by atoms with van der Waals surface area (Å²) in [6.45, 7) is 0.885. The van der Waals surface area contributed by atoms with Crippen LogP contribution < -0.4 is 0 Å². The van der Waals surface area contributed by atoms with Crippen LogP contribution in [0.15, 0.2) is 30.6 Å². The Morgan fingerprint density at radius 2 is 2.16 bits per heavy atom. The largest absolute Gasteiger partial charge is 0.340 e. The van der Waals surface area contributed by atoms with Crippen LogP contribution in [0.4, 0.5) is 8.78 Å². The molecule has 3 heterocycles. The van der Waals surface area contributed by atoms with Crippen molar-refractivity contribution >= 4 is 5.91 Å². The summed E-state index contributed by atoms with van der Waals surface area (Å²) in [6.07, 6.45) is 3.77. The minimum atomic E-state index is -0.672. The number of nitrogens with one attached hydrogen (secondary N) is 1. The maximum Gasteiger partial charge on any atom is 0.257 e. The summed E-state index contributed by atoms with van der Waals surface area (Å²) in [5.74, 6) is -1.07. The van der Waals surface area contributed by atoms with E-state index in [1.807, 2.05) is 0 Å². The number of amides is 1. The Kier molecular flexibility index (Phi) is 3.60. The molecule has 0 saturated heterocycles. The topological polar surface area (TPSA) is 66.8 Å². The molecule has 2 aromatic heterocycles. The van der Waals surface area contributed by atoms with Gasteiger partial charge >= 0.3 is 0 Å². The lowest BCUT2D eigenvalue weighted by atomic mass is 10.1. The number of rotatable bonds is 2. The Bertz CT molecular complexity index is 962. The minimum absolute atomic E-state index is 0.108. The van der Waals surface area contributed by atoms with Gasteiger partial charge in [-0.15, -0.1) is 0 Å². The Morgan fingerprint density at radius 3 is 2.88 bits per heavy atom. The molecule has 0 bridgehead atoms. The second-order valence-electron chi connectivity index (χ2n) is 6.01. The molecule has 8 heteroatoms. The number of halogens is 2. The number of carbonyl (C=O) groups excluding carboxylic acids is 1. The Morgan fingerprint density at radius 1 is 1.32 bits per heavy atom. The zero-order chi connectivity index (χ0) is 17.6. The molecule has 1 aromatic carbocycles. The minimum Gasteiger partial charge on any atom is -0.340 e. The number of nitrogens with zero attached hydrogens (tertiary/aromatic N) is 4. The molecule has 0 aliphatic carbocycles. The molecule has 128 valence electrons. The van der Waals surface area contributed by atoms with Crippen LogP contribution in [-0.2, 0) is 20.0 Å². The molecule has 1 aliphatic heterocycles. The first-order valence-corrected chi connectivity index (χ1v) is 7.82. The lowest BCUT2D eigenvalue weighted by Gasteiger charge is -2.25. The molecule has 1 amide bonds. The van der Waals surface area contributed by atoms with E-state index in [-0.39, 0.29) is 11.5 Å². The number of hydrogen-bond acceptors (Lipinski definition) is 3. The Hall–Kier alpha value is -3.03. The van der Waals surface area contributed by atoms with Gasteiger partial charge in [-0.25, -0.2) is 13.8 Å². The van der Waals surface area contributed by atoms with Crippen molar-refractivity contribution in [2.24, 2.45) is 7.05 Å². The highest BCUT2D eigenvalue weighted by Gasteiger charge is 2.26. The third-order valence-corrected chi connectivity index (χ3v) is 4.26. The van der Waals surface area contributed by atoms with Gasteiger partial charge in [0.2, 0.25) is 0 Å². The molecular weight excluding hydrogens is 328 g/mol. The fraction of sp³-hybridized carbons (Fsp3) is 0.235. The van der Waals surface area contributed by atoms with Crippen LogP contribution in [-0.4, -0.2) is 37.1 Å². The molecule has 1 N–H and O–H groups in total. The molecule has 25 heavy (non-hydrogen) atoms. The molecule has 1 aliphatic rings. The van der Waals surface area contributed by atoms with Gasteiger partial charge in [0.15, 0.2) is 0 Å². The number of benzene rings is 1. The number of hydrogen-bond donors (Lipinski definition) is 1. The number of aromatic amines is 1.